The minimum absolute atomic E-state index is 0.327. The minimum Gasteiger partial charge on any atom is -0.349 e. The second kappa shape index (κ2) is 4.26. The zero-order chi connectivity index (χ0) is 12.7. The summed E-state index contributed by atoms with van der Waals surface area (Å²) in [5, 5.41) is 0.562. The number of amides is 3. The Hall–Kier alpha value is -1.59. The molecule has 0 spiro atoms. The zero-order valence-corrected chi connectivity index (χ0v) is 10.3. The van der Waals surface area contributed by atoms with E-state index in [-0.39, 0.29) is 11.9 Å². The van der Waals surface area contributed by atoms with Crippen molar-refractivity contribution in [2.45, 2.75) is 12.6 Å². The van der Waals surface area contributed by atoms with Crippen LogP contribution in [0, 0.1) is 0 Å². The molecule has 2 fully saturated rings. The molecular weight excluding hydrogens is 256 g/mol. The Bertz CT molecular complexity index is 479. The molecule has 1 unspecified atom stereocenters. The largest absolute Gasteiger partial charge is 0.349 e. The highest BCUT2D eigenvalue weighted by molar-refractivity contribution is 6.30. The normalized spacial score (nSPS) is 23.5. The molecule has 18 heavy (non-hydrogen) atoms. The van der Waals surface area contributed by atoms with Gasteiger partial charge in [-0.05, 0) is 30.7 Å². The molecule has 2 heterocycles. The molecule has 2 aliphatic heterocycles. The first-order chi connectivity index (χ1) is 8.68. The summed E-state index contributed by atoms with van der Waals surface area (Å²) in [6.07, 6.45) is -0.00816. The second-order valence-corrected chi connectivity index (χ2v) is 4.64. The van der Waals surface area contributed by atoms with Crippen molar-refractivity contribution in [2.24, 2.45) is 0 Å². The lowest BCUT2D eigenvalue weighted by molar-refractivity contribution is -0.138. The first-order valence-corrected chi connectivity index (χ1v) is 6.08. The highest BCUT2D eigenvalue weighted by Gasteiger charge is 2.47. The molecule has 0 saturated carbocycles. The van der Waals surface area contributed by atoms with Crippen molar-refractivity contribution in [3.8, 4) is 0 Å². The third-order valence-electron chi connectivity index (χ3n) is 3.06. The predicted octanol–water partition coefficient (Wildman–Crippen LogP) is 1.85. The number of imide groups is 1. The first kappa shape index (κ1) is 11.5. The lowest BCUT2D eigenvalue weighted by Gasteiger charge is -2.26. The van der Waals surface area contributed by atoms with E-state index in [1.807, 2.05) is 0 Å². The number of nitrogens with zero attached hydrogens (tertiary/aromatic N) is 2. The van der Waals surface area contributed by atoms with E-state index in [9.17, 15) is 9.59 Å². The SMILES string of the molecule is O=C1C2OCCCN2C(=O)N1c1ccc(Cl)cc1. The number of fused-ring (bicyclic) bond motifs is 1. The number of urea groups is 1. The van der Waals surface area contributed by atoms with E-state index in [0.29, 0.717) is 23.9 Å². The Morgan fingerprint density at radius 1 is 1.22 bits per heavy atom. The third-order valence-corrected chi connectivity index (χ3v) is 3.31. The van der Waals surface area contributed by atoms with Crippen LogP contribution in [0.15, 0.2) is 24.3 Å². The zero-order valence-electron chi connectivity index (χ0n) is 9.51. The van der Waals surface area contributed by atoms with Gasteiger partial charge in [0.05, 0.1) is 12.3 Å². The summed E-state index contributed by atoms with van der Waals surface area (Å²) >= 11 is 5.79. The number of carbonyl (C=O) groups is 2. The van der Waals surface area contributed by atoms with Crippen molar-refractivity contribution in [2.75, 3.05) is 18.1 Å². The Kier molecular flexibility index (Phi) is 2.72. The van der Waals surface area contributed by atoms with Gasteiger partial charge < -0.3 is 4.74 Å². The van der Waals surface area contributed by atoms with Crippen molar-refractivity contribution < 1.29 is 14.3 Å². The Morgan fingerprint density at radius 2 is 1.94 bits per heavy atom. The van der Waals surface area contributed by atoms with Gasteiger partial charge in [-0.25, -0.2) is 9.69 Å². The van der Waals surface area contributed by atoms with Crippen molar-refractivity contribution >= 4 is 29.2 Å². The number of hydrogen-bond donors (Lipinski definition) is 0. The fourth-order valence-corrected chi connectivity index (χ4v) is 2.32. The summed E-state index contributed by atoms with van der Waals surface area (Å²) in [4.78, 5) is 26.9. The quantitative estimate of drug-likeness (QED) is 0.729. The molecule has 3 amide bonds. The molecule has 0 aromatic heterocycles. The van der Waals surface area contributed by atoms with Crippen LogP contribution in [0.3, 0.4) is 0 Å². The monoisotopic (exact) mass is 266 g/mol. The van der Waals surface area contributed by atoms with Crippen molar-refractivity contribution in [3.63, 3.8) is 0 Å². The Morgan fingerprint density at radius 3 is 2.61 bits per heavy atom. The van der Waals surface area contributed by atoms with Gasteiger partial charge in [0.1, 0.15) is 0 Å². The van der Waals surface area contributed by atoms with E-state index in [1.54, 1.807) is 24.3 Å². The van der Waals surface area contributed by atoms with Crippen molar-refractivity contribution in [3.05, 3.63) is 29.3 Å². The molecule has 0 aliphatic carbocycles. The van der Waals surface area contributed by atoms with E-state index in [4.69, 9.17) is 16.3 Å². The van der Waals surface area contributed by atoms with Crippen LogP contribution in [-0.4, -0.2) is 36.2 Å². The van der Waals surface area contributed by atoms with Crippen molar-refractivity contribution in [1.82, 2.24) is 4.90 Å². The molecule has 94 valence electrons. The Balaban J connectivity index is 1.95. The summed E-state index contributed by atoms with van der Waals surface area (Å²) in [6, 6.07) is 6.27. The van der Waals surface area contributed by atoms with Gasteiger partial charge in [0, 0.05) is 11.6 Å². The molecule has 2 saturated heterocycles. The first-order valence-electron chi connectivity index (χ1n) is 5.70. The van der Waals surface area contributed by atoms with Gasteiger partial charge in [-0.1, -0.05) is 11.6 Å². The summed E-state index contributed by atoms with van der Waals surface area (Å²) in [7, 11) is 0. The highest BCUT2D eigenvalue weighted by Crippen LogP contribution is 2.28. The second-order valence-electron chi connectivity index (χ2n) is 4.20. The number of hydrogen-bond acceptors (Lipinski definition) is 3. The molecule has 5 nitrogen and oxygen atoms in total. The Labute approximate surface area is 109 Å². The van der Waals surface area contributed by atoms with Crippen LogP contribution in [0.5, 0.6) is 0 Å². The van der Waals surface area contributed by atoms with Crippen LogP contribution in [-0.2, 0) is 9.53 Å². The predicted molar refractivity (Wildman–Crippen MR) is 65.4 cm³/mol. The van der Waals surface area contributed by atoms with Gasteiger partial charge in [-0.15, -0.1) is 0 Å². The maximum Gasteiger partial charge on any atom is 0.333 e. The summed E-state index contributed by atoms with van der Waals surface area (Å²) < 4.78 is 5.35. The van der Waals surface area contributed by atoms with E-state index in [2.05, 4.69) is 0 Å². The number of anilines is 1. The molecule has 3 rings (SSSR count). The van der Waals surface area contributed by atoms with Gasteiger partial charge in [-0.2, -0.15) is 0 Å². The standard InChI is InChI=1S/C12H11ClN2O3/c13-8-2-4-9(5-3-8)15-10(16)11-14(12(15)17)6-1-7-18-11/h2-5,11H,1,6-7H2. The third kappa shape index (κ3) is 1.67. The van der Waals surface area contributed by atoms with Gasteiger partial charge in [-0.3, -0.25) is 9.69 Å². The molecule has 1 aromatic rings. The van der Waals surface area contributed by atoms with E-state index in [0.717, 1.165) is 11.3 Å². The maximum absolute atomic E-state index is 12.2. The fraction of sp³-hybridized carbons (Fsp3) is 0.333. The smallest absolute Gasteiger partial charge is 0.333 e. The van der Waals surface area contributed by atoms with E-state index in [1.165, 1.54) is 4.90 Å². The number of carbonyl (C=O) groups excluding carboxylic acids is 2. The van der Waals surface area contributed by atoms with Gasteiger partial charge in [0.25, 0.3) is 5.91 Å². The molecule has 1 atom stereocenters. The van der Waals surface area contributed by atoms with E-state index >= 15 is 0 Å². The summed E-state index contributed by atoms with van der Waals surface area (Å²) in [6.45, 7) is 1.06. The maximum atomic E-state index is 12.2. The van der Waals surface area contributed by atoms with Gasteiger partial charge >= 0.3 is 6.03 Å². The van der Waals surface area contributed by atoms with Crippen LogP contribution < -0.4 is 4.90 Å². The number of benzene rings is 1. The van der Waals surface area contributed by atoms with Gasteiger partial charge in [0.2, 0.25) is 6.23 Å². The molecular formula is C12H11ClN2O3. The molecule has 0 radical (unpaired) electrons. The number of rotatable bonds is 1. The molecule has 6 heteroatoms. The van der Waals surface area contributed by atoms with E-state index < -0.39 is 6.23 Å². The van der Waals surface area contributed by atoms with Crippen LogP contribution in [0.2, 0.25) is 5.02 Å². The molecule has 1 aromatic carbocycles. The van der Waals surface area contributed by atoms with Crippen LogP contribution in [0.4, 0.5) is 10.5 Å². The number of ether oxygens (including phenoxy) is 1. The summed E-state index contributed by atoms with van der Waals surface area (Å²) in [5.41, 5.74) is 0.521. The highest BCUT2D eigenvalue weighted by atomic mass is 35.5. The molecule has 2 aliphatic rings. The lowest BCUT2D eigenvalue weighted by atomic mass is 10.3. The fourth-order valence-electron chi connectivity index (χ4n) is 2.20. The number of halogens is 1. The van der Waals surface area contributed by atoms with Crippen LogP contribution in [0.1, 0.15) is 6.42 Å². The van der Waals surface area contributed by atoms with Crippen molar-refractivity contribution in [1.29, 1.82) is 0 Å². The lowest BCUT2D eigenvalue weighted by Crippen LogP contribution is -2.42. The van der Waals surface area contributed by atoms with Crippen LogP contribution in [0.25, 0.3) is 0 Å². The van der Waals surface area contributed by atoms with Gasteiger partial charge in [0.15, 0.2) is 0 Å². The topological polar surface area (TPSA) is 49.9 Å². The average molecular weight is 267 g/mol. The summed E-state index contributed by atoms with van der Waals surface area (Å²) in [5.74, 6) is -0.331. The average Bonchev–Trinajstić information content (AvgIpc) is 2.64. The molecule has 0 N–H and O–H groups in total. The molecule has 0 bridgehead atoms. The minimum atomic E-state index is -0.762. The van der Waals surface area contributed by atoms with Crippen LogP contribution >= 0.6 is 11.6 Å².